The number of ether oxygens (including phenoxy) is 1. The number of benzene rings is 2. The van der Waals surface area contributed by atoms with Crippen molar-refractivity contribution in [3.63, 3.8) is 0 Å². The molecule has 0 amide bonds. The van der Waals surface area contributed by atoms with Gasteiger partial charge in [0.1, 0.15) is 11.6 Å². The van der Waals surface area contributed by atoms with Crippen molar-refractivity contribution in [2.45, 2.75) is 13.5 Å². The average molecular weight is 410 g/mol. The van der Waals surface area contributed by atoms with Gasteiger partial charge in [-0.25, -0.2) is 18.6 Å². The first-order chi connectivity index (χ1) is 11.9. The Morgan fingerprint density at radius 3 is 2.60 bits per heavy atom. The maximum absolute atomic E-state index is 14.1. The zero-order valence-electron chi connectivity index (χ0n) is 13.2. The van der Waals surface area contributed by atoms with Crippen LogP contribution in [0.1, 0.15) is 22.8 Å². The highest BCUT2D eigenvalue weighted by Gasteiger charge is 2.17. The summed E-state index contributed by atoms with van der Waals surface area (Å²) in [4.78, 5) is 16.0. The monoisotopic (exact) mass is 409 g/mol. The van der Waals surface area contributed by atoms with E-state index in [0.717, 1.165) is 0 Å². The number of nitrogens with two attached hydrogens (primary N) is 1. The molecule has 0 aliphatic heterocycles. The molecular formula is C17H14BrF2N3O2. The highest BCUT2D eigenvalue weighted by atomic mass is 79.9. The van der Waals surface area contributed by atoms with Crippen LogP contribution in [0.2, 0.25) is 0 Å². The van der Waals surface area contributed by atoms with Gasteiger partial charge in [-0.3, -0.25) is 0 Å². The Bertz CT molecular complexity index is 949. The molecule has 0 atom stereocenters. The van der Waals surface area contributed by atoms with Crippen molar-refractivity contribution in [3.05, 3.63) is 57.6 Å². The van der Waals surface area contributed by atoms with Crippen molar-refractivity contribution in [2.75, 3.05) is 12.3 Å². The van der Waals surface area contributed by atoms with Gasteiger partial charge in [0.15, 0.2) is 0 Å². The molecule has 0 radical (unpaired) electrons. The first-order valence-corrected chi connectivity index (χ1v) is 8.26. The van der Waals surface area contributed by atoms with Crippen molar-refractivity contribution in [1.29, 1.82) is 0 Å². The van der Waals surface area contributed by atoms with E-state index in [1.165, 1.54) is 22.8 Å². The molecule has 2 N–H and O–H groups in total. The van der Waals surface area contributed by atoms with Crippen LogP contribution in [0.4, 0.5) is 14.7 Å². The lowest BCUT2D eigenvalue weighted by Crippen LogP contribution is -2.08. The first kappa shape index (κ1) is 17.3. The fourth-order valence-corrected chi connectivity index (χ4v) is 2.94. The van der Waals surface area contributed by atoms with E-state index < -0.39 is 17.6 Å². The minimum atomic E-state index is -0.684. The zero-order chi connectivity index (χ0) is 18.1. The van der Waals surface area contributed by atoms with Crippen molar-refractivity contribution < 1.29 is 18.3 Å². The van der Waals surface area contributed by atoms with Gasteiger partial charge in [-0.15, -0.1) is 0 Å². The van der Waals surface area contributed by atoms with Gasteiger partial charge < -0.3 is 15.0 Å². The standard InChI is InChI=1S/C17H14BrF2N3O2/c1-2-25-16(24)9-3-4-15-14(5-9)22-17(21)23(15)8-11-12(19)6-10(18)7-13(11)20/h3-7H,2,8H2,1H3,(H2,21,22). The smallest absolute Gasteiger partial charge is 0.338 e. The van der Waals surface area contributed by atoms with Crippen LogP contribution in [0.5, 0.6) is 0 Å². The lowest BCUT2D eigenvalue weighted by atomic mass is 10.1. The highest BCUT2D eigenvalue weighted by molar-refractivity contribution is 9.10. The Hall–Kier alpha value is -2.48. The molecule has 1 aromatic heterocycles. The van der Waals surface area contributed by atoms with Crippen molar-refractivity contribution in [2.24, 2.45) is 0 Å². The molecule has 3 rings (SSSR count). The van der Waals surface area contributed by atoms with Gasteiger partial charge in [0.25, 0.3) is 0 Å². The van der Waals surface area contributed by atoms with Crippen LogP contribution in [0.25, 0.3) is 11.0 Å². The SMILES string of the molecule is CCOC(=O)c1ccc2c(c1)nc(N)n2Cc1c(F)cc(Br)cc1F. The lowest BCUT2D eigenvalue weighted by molar-refractivity contribution is 0.0526. The molecule has 0 unspecified atom stereocenters. The zero-order valence-corrected chi connectivity index (χ0v) is 14.8. The fourth-order valence-electron chi connectivity index (χ4n) is 2.54. The van der Waals surface area contributed by atoms with Crippen LogP contribution in [0, 0.1) is 11.6 Å². The summed E-state index contributed by atoms with van der Waals surface area (Å²) in [6.45, 7) is 1.85. The number of rotatable bonds is 4. The number of halogens is 3. The average Bonchev–Trinajstić information content (AvgIpc) is 2.85. The van der Waals surface area contributed by atoms with Gasteiger partial charge in [0.2, 0.25) is 5.95 Å². The van der Waals surface area contributed by atoms with E-state index >= 15 is 0 Å². The Kier molecular flexibility index (Phi) is 4.71. The summed E-state index contributed by atoms with van der Waals surface area (Å²) in [6, 6.07) is 7.10. The second-order valence-electron chi connectivity index (χ2n) is 5.33. The Morgan fingerprint density at radius 2 is 1.96 bits per heavy atom. The predicted molar refractivity (Wildman–Crippen MR) is 93.3 cm³/mol. The van der Waals surface area contributed by atoms with E-state index in [2.05, 4.69) is 20.9 Å². The second-order valence-corrected chi connectivity index (χ2v) is 6.24. The van der Waals surface area contributed by atoms with Gasteiger partial charge in [0, 0.05) is 10.0 Å². The van der Waals surface area contributed by atoms with Crippen LogP contribution in [0.15, 0.2) is 34.8 Å². The van der Waals surface area contributed by atoms with Crippen molar-refractivity contribution in [1.82, 2.24) is 9.55 Å². The third kappa shape index (κ3) is 3.34. The van der Waals surface area contributed by atoms with Crippen molar-refractivity contribution >= 4 is 38.9 Å². The quantitative estimate of drug-likeness (QED) is 0.663. The number of imidazole rings is 1. The minimum absolute atomic E-state index is 0.0951. The molecule has 0 bridgehead atoms. The third-order valence-corrected chi connectivity index (χ3v) is 4.17. The molecule has 2 aromatic carbocycles. The number of carbonyl (C=O) groups excluding carboxylic acids is 1. The molecule has 0 spiro atoms. The fraction of sp³-hybridized carbons (Fsp3) is 0.176. The van der Waals surface area contributed by atoms with Gasteiger partial charge >= 0.3 is 5.97 Å². The Morgan fingerprint density at radius 1 is 1.28 bits per heavy atom. The summed E-state index contributed by atoms with van der Waals surface area (Å²) in [6.07, 6.45) is 0. The number of carbonyl (C=O) groups is 1. The van der Waals surface area contributed by atoms with Crippen LogP contribution >= 0.6 is 15.9 Å². The van der Waals surface area contributed by atoms with E-state index in [1.54, 1.807) is 19.1 Å². The predicted octanol–water partition coefficient (Wildman–Crippen LogP) is 3.88. The van der Waals surface area contributed by atoms with Gasteiger partial charge in [-0.2, -0.15) is 0 Å². The van der Waals surface area contributed by atoms with Gasteiger partial charge in [0.05, 0.1) is 29.7 Å². The number of fused-ring (bicyclic) bond motifs is 1. The van der Waals surface area contributed by atoms with Gasteiger partial charge in [-0.05, 0) is 37.3 Å². The molecule has 0 aliphatic rings. The minimum Gasteiger partial charge on any atom is -0.462 e. The van der Waals surface area contributed by atoms with E-state index in [1.807, 2.05) is 0 Å². The van der Waals surface area contributed by atoms with E-state index in [-0.39, 0.29) is 24.7 Å². The Balaban J connectivity index is 2.03. The summed E-state index contributed by atoms with van der Waals surface area (Å²) in [5.74, 6) is -1.74. The molecule has 0 saturated carbocycles. The normalized spacial score (nSPS) is 11.0. The number of anilines is 1. The molecule has 0 fully saturated rings. The molecule has 5 nitrogen and oxygen atoms in total. The maximum atomic E-state index is 14.1. The maximum Gasteiger partial charge on any atom is 0.338 e. The summed E-state index contributed by atoms with van der Waals surface area (Å²) in [5, 5.41) is 0. The second kappa shape index (κ2) is 6.79. The number of nitrogens with zero attached hydrogens (tertiary/aromatic N) is 2. The van der Waals surface area contributed by atoms with Crippen LogP contribution in [0.3, 0.4) is 0 Å². The summed E-state index contributed by atoms with van der Waals surface area (Å²) < 4.78 is 34.9. The molecule has 3 aromatic rings. The molecule has 25 heavy (non-hydrogen) atoms. The Labute approximate surface area is 150 Å². The number of esters is 1. The largest absolute Gasteiger partial charge is 0.462 e. The van der Waals surface area contributed by atoms with Crippen molar-refractivity contribution in [3.8, 4) is 0 Å². The van der Waals surface area contributed by atoms with Crippen LogP contribution < -0.4 is 5.73 Å². The molecule has 0 aliphatic carbocycles. The summed E-state index contributed by atoms with van der Waals surface area (Å²) in [5.41, 5.74) is 7.12. The lowest BCUT2D eigenvalue weighted by Gasteiger charge is -2.09. The number of aromatic nitrogens is 2. The third-order valence-electron chi connectivity index (χ3n) is 3.71. The summed E-state index contributed by atoms with van der Waals surface area (Å²) >= 11 is 3.05. The van der Waals surface area contributed by atoms with Gasteiger partial charge in [-0.1, -0.05) is 15.9 Å². The van der Waals surface area contributed by atoms with E-state index in [0.29, 0.717) is 21.1 Å². The van der Waals surface area contributed by atoms with Crippen LogP contribution in [-0.2, 0) is 11.3 Å². The van der Waals surface area contributed by atoms with E-state index in [4.69, 9.17) is 10.5 Å². The molecular weight excluding hydrogens is 396 g/mol. The molecule has 1 heterocycles. The first-order valence-electron chi connectivity index (χ1n) is 7.47. The van der Waals surface area contributed by atoms with E-state index in [9.17, 15) is 13.6 Å². The molecule has 8 heteroatoms. The van der Waals surface area contributed by atoms with Crippen LogP contribution in [-0.4, -0.2) is 22.1 Å². The number of hydrogen-bond donors (Lipinski definition) is 1. The topological polar surface area (TPSA) is 70.1 Å². The number of hydrogen-bond acceptors (Lipinski definition) is 4. The molecule has 0 saturated heterocycles. The highest BCUT2D eigenvalue weighted by Crippen LogP contribution is 2.25. The molecule has 130 valence electrons. The summed E-state index contributed by atoms with van der Waals surface area (Å²) in [7, 11) is 0. The number of nitrogen functional groups attached to an aromatic ring is 1.